The minimum absolute atomic E-state index is 0.109. The summed E-state index contributed by atoms with van der Waals surface area (Å²) < 4.78 is 4.57. The number of rotatable bonds is 3. The Morgan fingerprint density at radius 1 is 1.44 bits per heavy atom. The van der Waals surface area contributed by atoms with E-state index in [1.165, 1.54) is 12.1 Å². The van der Waals surface area contributed by atoms with Crippen LogP contribution >= 0.6 is 11.8 Å². The average molecular weight is 240 g/mol. The third-order valence-corrected chi connectivity index (χ3v) is 4.26. The van der Waals surface area contributed by atoms with Gasteiger partial charge in [-0.15, -0.1) is 11.8 Å². The highest BCUT2D eigenvalue weighted by Crippen LogP contribution is 2.40. The molecule has 1 saturated heterocycles. The Hall–Kier alpha value is -1.23. The number of aromatic carboxylic acids is 1. The molecule has 0 radical (unpaired) electrons. The number of hydrogen-bond donors (Lipinski definition) is 1. The first kappa shape index (κ1) is 11.3. The Morgan fingerprint density at radius 3 is 2.62 bits per heavy atom. The van der Waals surface area contributed by atoms with Crippen LogP contribution in [-0.2, 0) is 0 Å². The van der Waals surface area contributed by atoms with Crippen molar-refractivity contribution in [2.45, 2.75) is 24.5 Å². The topological polar surface area (TPSA) is 67.5 Å². The van der Waals surface area contributed by atoms with E-state index in [-0.39, 0.29) is 17.3 Å². The van der Waals surface area contributed by atoms with Gasteiger partial charge in [-0.1, -0.05) is 0 Å². The molecule has 1 aromatic heterocycles. The third-order valence-electron chi connectivity index (χ3n) is 2.74. The third kappa shape index (κ3) is 1.87. The van der Waals surface area contributed by atoms with Crippen LogP contribution in [0.3, 0.4) is 0 Å². The Kier molecular flexibility index (Phi) is 2.80. The first-order chi connectivity index (χ1) is 7.53. The summed E-state index contributed by atoms with van der Waals surface area (Å²) in [6.07, 6.45) is 1.83. The molecule has 0 spiro atoms. The molecule has 86 valence electrons. The number of hydrogen-bond acceptors (Lipinski definition) is 4. The number of thioether (sulfide) groups is 1. The molecular formula is C11H12O4S. The number of carboxylic acids is 1. The standard InChI is InChI=1S/C11H12O4S/c1-11(5-2-6-16-11)9(12)7-3-4-8(15-7)10(13)14/h3-4H,2,5-6H2,1H3,(H,13,14). The van der Waals surface area contributed by atoms with Crippen LogP contribution < -0.4 is 0 Å². The van der Waals surface area contributed by atoms with Gasteiger partial charge in [0.15, 0.2) is 5.76 Å². The van der Waals surface area contributed by atoms with Gasteiger partial charge in [0.25, 0.3) is 0 Å². The van der Waals surface area contributed by atoms with Gasteiger partial charge in [-0.2, -0.15) is 0 Å². The second-order valence-corrected chi connectivity index (χ2v) is 5.58. The van der Waals surface area contributed by atoms with Gasteiger partial charge < -0.3 is 9.52 Å². The van der Waals surface area contributed by atoms with Crippen molar-refractivity contribution >= 4 is 23.5 Å². The fourth-order valence-corrected chi connectivity index (χ4v) is 3.05. The van der Waals surface area contributed by atoms with Gasteiger partial charge in [-0.3, -0.25) is 4.79 Å². The Bertz CT molecular complexity index is 429. The maximum Gasteiger partial charge on any atom is 0.371 e. The SMILES string of the molecule is CC1(C(=O)c2ccc(C(=O)O)o2)CCCS1. The fourth-order valence-electron chi connectivity index (χ4n) is 1.79. The van der Waals surface area contributed by atoms with Gasteiger partial charge in [-0.25, -0.2) is 4.79 Å². The quantitative estimate of drug-likeness (QED) is 0.822. The van der Waals surface area contributed by atoms with Crippen molar-refractivity contribution in [3.05, 3.63) is 23.7 Å². The summed E-state index contributed by atoms with van der Waals surface area (Å²) in [4.78, 5) is 22.7. The second kappa shape index (κ2) is 3.97. The highest BCUT2D eigenvalue weighted by molar-refractivity contribution is 8.01. The highest BCUT2D eigenvalue weighted by Gasteiger charge is 2.39. The molecule has 16 heavy (non-hydrogen) atoms. The van der Waals surface area contributed by atoms with E-state index in [2.05, 4.69) is 0 Å². The van der Waals surface area contributed by atoms with E-state index in [1.54, 1.807) is 11.8 Å². The van der Waals surface area contributed by atoms with E-state index in [0.29, 0.717) is 0 Å². The van der Waals surface area contributed by atoms with E-state index in [0.717, 1.165) is 18.6 Å². The van der Waals surface area contributed by atoms with E-state index in [1.807, 2.05) is 6.92 Å². The van der Waals surface area contributed by atoms with Crippen LogP contribution in [0, 0.1) is 0 Å². The number of carbonyl (C=O) groups is 2. The molecule has 0 saturated carbocycles. The molecule has 0 aromatic carbocycles. The van der Waals surface area contributed by atoms with Gasteiger partial charge in [0, 0.05) is 0 Å². The zero-order valence-electron chi connectivity index (χ0n) is 8.86. The van der Waals surface area contributed by atoms with Gasteiger partial charge >= 0.3 is 5.97 Å². The van der Waals surface area contributed by atoms with Crippen LogP contribution in [0.4, 0.5) is 0 Å². The Balaban J connectivity index is 2.23. The van der Waals surface area contributed by atoms with Crippen molar-refractivity contribution in [2.24, 2.45) is 0 Å². The monoisotopic (exact) mass is 240 g/mol. The lowest BCUT2D eigenvalue weighted by atomic mass is 9.99. The molecule has 1 fully saturated rings. The fraction of sp³-hybridized carbons (Fsp3) is 0.455. The molecule has 2 heterocycles. The van der Waals surface area contributed by atoms with E-state index < -0.39 is 10.7 Å². The minimum atomic E-state index is -1.15. The molecular weight excluding hydrogens is 228 g/mol. The van der Waals surface area contributed by atoms with Crippen molar-refractivity contribution in [1.29, 1.82) is 0 Å². The van der Waals surface area contributed by atoms with E-state index in [4.69, 9.17) is 9.52 Å². The van der Waals surface area contributed by atoms with Crippen molar-refractivity contribution in [3.8, 4) is 0 Å². The second-order valence-electron chi connectivity index (χ2n) is 3.98. The zero-order chi connectivity index (χ0) is 11.8. The number of Topliss-reactive ketones (excluding diaryl/α,β-unsaturated/α-hetero) is 1. The summed E-state index contributed by atoms with van der Waals surface area (Å²) >= 11 is 1.61. The lowest BCUT2D eigenvalue weighted by Crippen LogP contribution is -2.28. The van der Waals surface area contributed by atoms with Crippen molar-refractivity contribution in [1.82, 2.24) is 0 Å². The lowest BCUT2D eigenvalue weighted by molar-refractivity contribution is 0.0659. The molecule has 0 amide bonds. The largest absolute Gasteiger partial charge is 0.475 e. The zero-order valence-corrected chi connectivity index (χ0v) is 9.67. The lowest BCUT2D eigenvalue weighted by Gasteiger charge is -2.18. The summed E-state index contributed by atoms with van der Waals surface area (Å²) in [6, 6.07) is 2.76. The average Bonchev–Trinajstić information content (AvgIpc) is 2.85. The van der Waals surface area contributed by atoms with Crippen LogP contribution in [0.25, 0.3) is 0 Å². The molecule has 1 unspecified atom stereocenters. The molecule has 1 N–H and O–H groups in total. The van der Waals surface area contributed by atoms with Crippen LogP contribution in [0.2, 0.25) is 0 Å². The first-order valence-electron chi connectivity index (χ1n) is 5.05. The summed E-state index contributed by atoms with van der Waals surface area (Å²) in [7, 11) is 0. The predicted molar refractivity (Wildman–Crippen MR) is 60.1 cm³/mol. The molecule has 4 nitrogen and oxygen atoms in total. The summed E-state index contributed by atoms with van der Waals surface area (Å²) in [6.45, 7) is 1.88. The normalized spacial score (nSPS) is 24.6. The maximum atomic E-state index is 12.1. The van der Waals surface area contributed by atoms with Gasteiger partial charge in [0.2, 0.25) is 11.5 Å². The molecule has 1 aromatic rings. The smallest absolute Gasteiger partial charge is 0.371 e. The molecule has 0 aliphatic carbocycles. The minimum Gasteiger partial charge on any atom is -0.475 e. The molecule has 1 aliphatic rings. The summed E-state index contributed by atoms with van der Waals surface area (Å²) in [5.41, 5.74) is 0. The van der Waals surface area contributed by atoms with Crippen molar-refractivity contribution in [2.75, 3.05) is 5.75 Å². The molecule has 1 atom stereocenters. The Morgan fingerprint density at radius 2 is 2.12 bits per heavy atom. The van der Waals surface area contributed by atoms with Gasteiger partial charge in [-0.05, 0) is 37.7 Å². The van der Waals surface area contributed by atoms with E-state index >= 15 is 0 Å². The molecule has 2 rings (SSSR count). The molecule has 0 bridgehead atoms. The van der Waals surface area contributed by atoms with E-state index in [9.17, 15) is 9.59 Å². The number of furan rings is 1. The van der Waals surface area contributed by atoms with Crippen LogP contribution in [-0.4, -0.2) is 27.4 Å². The number of carboxylic acid groups (broad SMARTS) is 1. The van der Waals surface area contributed by atoms with Crippen LogP contribution in [0.15, 0.2) is 16.5 Å². The number of ketones is 1. The van der Waals surface area contributed by atoms with Gasteiger partial charge in [0.1, 0.15) is 0 Å². The summed E-state index contributed by atoms with van der Waals surface area (Å²) in [5.74, 6) is -0.329. The van der Waals surface area contributed by atoms with Crippen molar-refractivity contribution < 1.29 is 19.1 Å². The predicted octanol–water partition coefficient (Wildman–Crippen LogP) is 2.45. The number of carbonyl (C=O) groups excluding carboxylic acids is 1. The molecule has 1 aliphatic heterocycles. The Labute approximate surface area is 97.0 Å². The highest BCUT2D eigenvalue weighted by atomic mass is 32.2. The maximum absolute atomic E-state index is 12.1. The summed E-state index contributed by atoms with van der Waals surface area (Å²) in [5, 5.41) is 8.70. The van der Waals surface area contributed by atoms with Crippen LogP contribution in [0.5, 0.6) is 0 Å². The first-order valence-corrected chi connectivity index (χ1v) is 6.03. The van der Waals surface area contributed by atoms with Gasteiger partial charge in [0.05, 0.1) is 4.75 Å². The molecule has 5 heteroatoms. The van der Waals surface area contributed by atoms with Crippen LogP contribution in [0.1, 0.15) is 40.9 Å². The van der Waals surface area contributed by atoms with Crippen molar-refractivity contribution in [3.63, 3.8) is 0 Å².